The summed E-state index contributed by atoms with van der Waals surface area (Å²) in [6.45, 7) is 3.55. The number of rotatable bonds is 13. The lowest BCUT2D eigenvalue weighted by Gasteiger charge is -2.12. The van der Waals surface area contributed by atoms with Crippen molar-refractivity contribution in [2.75, 3.05) is 45.6 Å². The first-order valence-electron chi connectivity index (χ1n) is 10.9. The summed E-state index contributed by atoms with van der Waals surface area (Å²) in [7, 11) is 1.95. The van der Waals surface area contributed by atoms with Crippen LogP contribution in [0.4, 0.5) is 5.82 Å². The molecule has 0 unspecified atom stereocenters. The second-order valence-corrected chi connectivity index (χ2v) is 7.45. The van der Waals surface area contributed by atoms with E-state index in [2.05, 4.69) is 26.3 Å². The van der Waals surface area contributed by atoms with Crippen molar-refractivity contribution in [2.24, 2.45) is 5.73 Å². The molecule has 0 saturated heterocycles. The van der Waals surface area contributed by atoms with E-state index in [9.17, 15) is 4.79 Å². The van der Waals surface area contributed by atoms with E-state index >= 15 is 0 Å². The quantitative estimate of drug-likeness (QED) is 0.301. The SMILES string of the molecule is CNCCCc1nc2c(N)nc3ccccc3c2n1CCOCCNC(=O)CCCN. The molecular weight excluding hydrogens is 394 g/mol. The van der Waals surface area contributed by atoms with Gasteiger partial charge in [0.15, 0.2) is 5.82 Å². The van der Waals surface area contributed by atoms with Crippen molar-refractivity contribution in [3.63, 3.8) is 0 Å². The number of ether oxygens (including phenoxy) is 1. The number of fused-ring (bicyclic) bond motifs is 3. The number of nitrogens with one attached hydrogen (secondary N) is 2. The largest absolute Gasteiger partial charge is 0.382 e. The molecule has 0 aliphatic heterocycles. The van der Waals surface area contributed by atoms with Crippen LogP contribution in [0.15, 0.2) is 24.3 Å². The Balaban J connectivity index is 1.71. The molecule has 0 atom stereocenters. The van der Waals surface area contributed by atoms with E-state index in [1.54, 1.807) is 0 Å². The molecular formula is C22H33N7O2. The van der Waals surface area contributed by atoms with Crippen molar-refractivity contribution in [3.05, 3.63) is 30.1 Å². The van der Waals surface area contributed by atoms with E-state index in [1.165, 1.54) is 0 Å². The number of hydrogen-bond donors (Lipinski definition) is 4. The number of aryl methyl sites for hydroxylation is 1. The van der Waals surface area contributed by atoms with Gasteiger partial charge >= 0.3 is 0 Å². The van der Waals surface area contributed by atoms with Gasteiger partial charge in [-0.2, -0.15) is 0 Å². The van der Waals surface area contributed by atoms with E-state index in [0.717, 1.165) is 47.1 Å². The van der Waals surface area contributed by atoms with Gasteiger partial charge < -0.3 is 31.4 Å². The van der Waals surface area contributed by atoms with Crippen LogP contribution in [0.5, 0.6) is 0 Å². The molecule has 0 aliphatic rings. The number of anilines is 1. The Morgan fingerprint density at radius 2 is 2.00 bits per heavy atom. The minimum absolute atomic E-state index is 0.0101. The number of imidazole rings is 1. The van der Waals surface area contributed by atoms with Crippen LogP contribution < -0.4 is 22.1 Å². The third kappa shape index (κ3) is 5.90. The fourth-order valence-corrected chi connectivity index (χ4v) is 3.63. The molecule has 0 saturated carbocycles. The Hall–Kier alpha value is -2.75. The predicted octanol–water partition coefficient (Wildman–Crippen LogP) is 1.19. The molecule has 168 valence electrons. The Bertz CT molecular complexity index is 1000. The summed E-state index contributed by atoms with van der Waals surface area (Å²) in [6, 6.07) is 7.98. The van der Waals surface area contributed by atoms with Crippen LogP contribution in [0.1, 0.15) is 25.1 Å². The number of para-hydroxylation sites is 1. The molecule has 0 fully saturated rings. The van der Waals surface area contributed by atoms with Crippen molar-refractivity contribution < 1.29 is 9.53 Å². The molecule has 0 radical (unpaired) electrons. The van der Waals surface area contributed by atoms with Crippen LogP contribution >= 0.6 is 0 Å². The molecule has 0 aliphatic carbocycles. The molecule has 3 aromatic rings. The summed E-state index contributed by atoms with van der Waals surface area (Å²) >= 11 is 0. The van der Waals surface area contributed by atoms with Crippen LogP contribution in [-0.4, -0.2) is 60.3 Å². The summed E-state index contributed by atoms with van der Waals surface area (Å²) in [5.41, 5.74) is 14.3. The molecule has 2 heterocycles. The molecule has 31 heavy (non-hydrogen) atoms. The van der Waals surface area contributed by atoms with Crippen molar-refractivity contribution in [3.8, 4) is 0 Å². The standard InChI is InChI=1S/C22H33N7O2/c1-25-11-5-8-18-28-20-21(16-6-2-3-7-17(16)27-22(20)24)29(18)13-15-31-14-12-26-19(30)9-4-10-23/h2-3,6-7,25H,4-5,8-15,23H2,1H3,(H2,24,27)(H,26,30). The van der Waals surface area contributed by atoms with Crippen LogP contribution in [-0.2, 0) is 22.5 Å². The van der Waals surface area contributed by atoms with Gasteiger partial charge in [0.2, 0.25) is 5.91 Å². The van der Waals surface area contributed by atoms with Gasteiger partial charge in [-0.25, -0.2) is 9.97 Å². The van der Waals surface area contributed by atoms with Gasteiger partial charge in [-0.15, -0.1) is 0 Å². The van der Waals surface area contributed by atoms with Crippen molar-refractivity contribution in [2.45, 2.75) is 32.2 Å². The maximum absolute atomic E-state index is 11.6. The maximum Gasteiger partial charge on any atom is 0.220 e. The van der Waals surface area contributed by atoms with E-state index in [0.29, 0.717) is 51.5 Å². The lowest BCUT2D eigenvalue weighted by Crippen LogP contribution is -2.27. The van der Waals surface area contributed by atoms with Gasteiger partial charge in [0.1, 0.15) is 11.3 Å². The third-order valence-electron chi connectivity index (χ3n) is 5.15. The monoisotopic (exact) mass is 427 g/mol. The number of aromatic nitrogens is 3. The summed E-state index contributed by atoms with van der Waals surface area (Å²) < 4.78 is 7.99. The summed E-state index contributed by atoms with van der Waals surface area (Å²) in [4.78, 5) is 21.0. The van der Waals surface area contributed by atoms with Crippen molar-refractivity contribution in [1.29, 1.82) is 0 Å². The van der Waals surface area contributed by atoms with E-state index in [4.69, 9.17) is 21.2 Å². The molecule has 1 aromatic carbocycles. The fraction of sp³-hybridized carbons (Fsp3) is 0.500. The van der Waals surface area contributed by atoms with Crippen molar-refractivity contribution in [1.82, 2.24) is 25.2 Å². The topological polar surface area (TPSA) is 133 Å². The van der Waals surface area contributed by atoms with Crippen LogP contribution in [0, 0.1) is 0 Å². The number of nitrogen functional groups attached to an aromatic ring is 1. The number of nitrogens with two attached hydrogens (primary N) is 2. The zero-order chi connectivity index (χ0) is 22.1. The van der Waals surface area contributed by atoms with Gasteiger partial charge in [0.05, 0.1) is 24.2 Å². The number of carbonyl (C=O) groups is 1. The predicted molar refractivity (Wildman–Crippen MR) is 124 cm³/mol. The minimum Gasteiger partial charge on any atom is -0.382 e. The first-order chi connectivity index (χ1) is 15.2. The highest BCUT2D eigenvalue weighted by molar-refractivity contribution is 6.06. The molecule has 2 aromatic heterocycles. The smallest absolute Gasteiger partial charge is 0.220 e. The Morgan fingerprint density at radius 3 is 2.81 bits per heavy atom. The molecule has 9 nitrogen and oxygen atoms in total. The van der Waals surface area contributed by atoms with Crippen LogP contribution in [0.3, 0.4) is 0 Å². The molecule has 1 amide bonds. The number of amides is 1. The lowest BCUT2D eigenvalue weighted by atomic mass is 10.2. The van der Waals surface area contributed by atoms with E-state index in [-0.39, 0.29) is 5.91 Å². The fourth-order valence-electron chi connectivity index (χ4n) is 3.63. The Kier molecular flexibility index (Phi) is 8.57. The number of nitrogens with zero attached hydrogens (tertiary/aromatic N) is 3. The second-order valence-electron chi connectivity index (χ2n) is 7.45. The van der Waals surface area contributed by atoms with E-state index < -0.39 is 0 Å². The van der Waals surface area contributed by atoms with Gasteiger partial charge in [0, 0.05) is 31.3 Å². The Morgan fingerprint density at radius 1 is 1.16 bits per heavy atom. The highest BCUT2D eigenvalue weighted by Gasteiger charge is 2.17. The molecule has 3 rings (SSSR count). The highest BCUT2D eigenvalue weighted by atomic mass is 16.5. The average molecular weight is 428 g/mol. The first-order valence-corrected chi connectivity index (χ1v) is 10.9. The van der Waals surface area contributed by atoms with Gasteiger partial charge in [0.25, 0.3) is 0 Å². The Labute approximate surface area is 182 Å². The van der Waals surface area contributed by atoms with Gasteiger partial charge in [-0.1, -0.05) is 18.2 Å². The van der Waals surface area contributed by atoms with Crippen molar-refractivity contribution >= 4 is 33.7 Å². The normalized spacial score (nSPS) is 11.4. The highest BCUT2D eigenvalue weighted by Crippen LogP contribution is 2.29. The minimum atomic E-state index is 0.0101. The van der Waals surface area contributed by atoms with E-state index in [1.807, 2.05) is 25.2 Å². The number of pyridine rings is 1. The first kappa shape index (κ1) is 22.9. The molecule has 6 N–H and O–H groups in total. The summed E-state index contributed by atoms with van der Waals surface area (Å²) in [5.74, 6) is 1.44. The average Bonchev–Trinajstić information content (AvgIpc) is 3.14. The molecule has 9 heteroatoms. The zero-order valence-corrected chi connectivity index (χ0v) is 18.2. The van der Waals surface area contributed by atoms with Gasteiger partial charge in [-0.05, 0) is 39.0 Å². The second kappa shape index (κ2) is 11.6. The number of hydrogen-bond acceptors (Lipinski definition) is 7. The lowest BCUT2D eigenvalue weighted by molar-refractivity contribution is -0.121. The number of benzene rings is 1. The maximum atomic E-state index is 11.6. The summed E-state index contributed by atoms with van der Waals surface area (Å²) in [6.07, 6.45) is 2.96. The van der Waals surface area contributed by atoms with Crippen LogP contribution in [0.25, 0.3) is 21.9 Å². The van der Waals surface area contributed by atoms with Crippen LogP contribution in [0.2, 0.25) is 0 Å². The molecule has 0 bridgehead atoms. The molecule has 0 spiro atoms. The zero-order valence-electron chi connectivity index (χ0n) is 18.2. The van der Waals surface area contributed by atoms with Gasteiger partial charge in [-0.3, -0.25) is 4.79 Å². The number of carbonyl (C=O) groups excluding carboxylic acids is 1. The summed E-state index contributed by atoms with van der Waals surface area (Å²) in [5, 5.41) is 7.06. The third-order valence-corrected chi connectivity index (χ3v) is 5.15.